The maximum Gasteiger partial charge on any atom is 0.234 e. The molecule has 2 aromatic heterocycles. The first-order valence-electron chi connectivity index (χ1n) is 7.47. The fourth-order valence-electron chi connectivity index (χ4n) is 2.08. The number of benzene rings is 1. The number of aromatic nitrogens is 2. The van der Waals surface area contributed by atoms with E-state index in [4.69, 9.17) is 11.6 Å². The Morgan fingerprint density at radius 1 is 1.29 bits per heavy atom. The summed E-state index contributed by atoms with van der Waals surface area (Å²) in [6, 6.07) is 11.4. The zero-order valence-electron chi connectivity index (χ0n) is 13.2. The molecule has 3 aromatic rings. The molecule has 2 heterocycles. The summed E-state index contributed by atoms with van der Waals surface area (Å²) >= 11 is 9.17. The molecule has 0 unspecified atom stereocenters. The number of amides is 1. The molecule has 1 aromatic carbocycles. The number of para-hydroxylation sites is 1. The lowest BCUT2D eigenvalue weighted by atomic mass is 10.2. The van der Waals surface area contributed by atoms with Crippen molar-refractivity contribution in [2.75, 3.05) is 11.1 Å². The molecule has 24 heavy (non-hydrogen) atoms. The predicted molar refractivity (Wildman–Crippen MR) is 102 cm³/mol. The van der Waals surface area contributed by atoms with Gasteiger partial charge in [0.15, 0.2) is 5.16 Å². The topological polar surface area (TPSA) is 54.9 Å². The van der Waals surface area contributed by atoms with Crippen LogP contribution in [0.25, 0.3) is 10.2 Å². The number of rotatable bonds is 5. The molecule has 0 atom stereocenters. The Morgan fingerprint density at radius 2 is 2.04 bits per heavy atom. The van der Waals surface area contributed by atoms with Gasteiger partial charge in [-0.2, -0.15) is 0 Å². The Balaban J connectivity index is 1.70. The highest BCUT2D eigenvalue weighted by molar-refractivity contribution is 7.99. The summed E-state index contributed by atoms with van der Waals surface area (Å²) in [6.45, 7) is 4.27. The summed E-state index contributed by atoms with van der Waals surface area (Å²) in [5.74, 6) is 0.562. The summed E-state index contributed by atoms with van der Waals surface area (Å²) in [7, 11) is 0. The summed E-state index contributed by atoms with van der Waals surface area (Å²) in [4.78, 5) is 22.9. The molecule has 0 aliphatic rings. The van der Waals surface area contributed by atoms with E-state index in [-0.39, 0.29) is 11.7 Å². The minimum atomic E-state index is -0.0972. The number of anilines is 1. The van der Waals surface area contributed by atoms with Crippen LogP contribution in [0, 0.1) is 0 Å². The smallest absolute Gasteiger partial charge is 0.234 e. The van der Waals surface area contributed by atoms with E-state index in [9.17, 15) is 4.79 Å². The second kappa shape index (κ2) is 7.51. The van der Waals surface area contributed by atoms with Gasteiger partial charge in [-0.15, -0.1) is 11.3 Å². The number of halogens is 1. The average Bonchev–Trinajstić information content (AvgIpc) is 2.99. The van der Waals surface area contributed by atoms with Gasteiger partial charge in [0, 0.05) is 16.0 Å². The number of hydrogen-bond donors (Lipinski definition) is 1. The van der Waals surface area contributed by atoms with Crippen LogP contribution in [0.15, 0.2) is 41.6 Å². The number of nitrogens with one attached hydrogen (secondary N) is 1. The third-order valence-electron chi connectivity index (χ3n) is 3.30. The molecule has 124 valence electrons. The van der Waals surface area contributed by atoms with Crippen LogP contribution in [0.2, 0.25) is 5.15 Å². The Hall–Kier alpha value is -1.63. The summed E-state index contributed by atoms with van der Waals surface area (Å²) in [5, 5.41) is 4.68. The van der Waals surface area contributed by atoms with Gasteiger partial charge in [0.05, 0.1) is 5.75 Å². The summed E-state index contributed by atoms with van der Waals surface area (Å²) in [6.07, 6.45) is 0. The first-order chi connectivity index (χ1) is 11.5. The number of thioether (sulfide) groups is 1. The van der Waals surface area contributed by atoms with Gasteiger partial charge in [-0.05, 0) is 24.1 Å². The monoisotopic (exact) mass is 377 g/mol. The molecule has 0 bridgehead atoms. The van der Waals surface area contributed by atoms with Crippen LogP contribution in [0.5, 0.6) is 0 Å². The molecule has 4 nitrogen and oxygen atoms in total. The normalized spacial score (nSPS) is 11.2. The SMILES string of the molecule is CC(C)c1cc2c(Cl)nc(SCC(=O)Nc3ccccc3)nc2s1. The van der Waals surface area contributed by atoms with Crippen molar-refractivity contribution < 1.29 is 4.79 Å². The van der Waals surface area contributed by atoms with Gasteiger partial charge in [0.2, 0.25) is 5.91 Å². The molecular formula is C17H16ClN3OS2. The molecule has 0 aliphatic heterocycles. The number of thiophene rings is 1. The molecule has 0 aliphatic carbocycles. The van der Waals surface area contributed by atoms with Crippen molar-refractivity contribution in [3.63, 3.8) is 0 Å². The largest absolute Gasteiger partial charge is 0.325 e. The minimum Gasteiger partial charge on any atom is -0.325 e. The molecule has 7 heteroatoms. The fraction of sp³-hybridized carbons (Fsp3) is 0.235. The standard InChI is InChI=1S/C17H16ClN3OS2/c1-10(2)13-8-12-15(18)20-17(21-16(12)24-13)23-9-14(22)19-11-6-4-3-5-7-11/h3-8,10H,9H2,1-2H3,(H,19,22). The van der Waals surface area contributed by atoms with Crippen molar-refractivity contribution in [3.8, 4) is 0 Å². The minimum absolute atomic E-state index is 0.0972. The van der Waals surface area contributed by atoms with E-state index in [1.807, 2.05) is 36.4 Å². The molecule has 1 N–H and O–H groups in total. The van der Waals surface area contributed by atoms with E-state index in [0.717, 1.165) is 15.9 Å². The van der Waals surface area contributed by atoms with Crippen LogP contribution >= 0.6 is 34.7 Å². The van der Waals surface area contributed by atoms with Crippen LogP contribution < -0.4 is 5.32 Å². The quantitative estimate of drug-likeness (QED) is 0.377. The van der Waals surface area contributed by atoms with Crippen LogP contribution in [-0.4, -0.2) is 21.6 Å². The molecular weight excluding hydrogens is 362 g/mol. The number of hydrogen-bond acceptors (Lipinski definition) is 5. The fourth-order valence-corrected chi connectivity index (χ4v) is 4.15. The van der Waals surface area contributed by atoms with E-state index >= 15 is 0 Å². The Kier molecular flexibility index (Phi) is 5.38. The van der Waals surface area contributed by atoms with E-state index < -0.39 is 0 Å². The lowest BCUT2D eigenvalue weighted by Gasteiger charge is -2.04. The second-order valence-corrected chi connectivity index (χ2v) is 7.88. The lowest BCUT2D eigenvalue weighted by molar-refractivity contribution is -0.113. The highest BCUT2D eigenvalue weighted by Gasteiger charge is 2.13. The van der Waals surface area contributed by atoms with Crippen molar-refractivity contribution in [1.29, 1.82) is 0 Å². The van der Waals surface area contributed by atoms with Crippen molar-refractivity contribution in [1.82, 2.24) is 9.97 Å². The van der Waals surface area contributed by atoms with Gasteiger partial charge in [-0.1, -0.05) is 55.4 Å². The maximum absolute atomic E-state index is 12.0. The second-order valence-electron chi connectivity index (χ2n) is 5.52. The lowest BCUT2D eigenvalue weighted by Crippen LogP contribution is -2.14. The zero-order valence-corrected chi connectivity index (χ0v) is 15.6. The molecule has 0 saturated carbocycles. The maximum atomic E-state index is 12.0. The Bertz CT molecular complexity index is 865. The van der Waals surface area contributed by atoms with Gasteiger partial charge in [-0.3, -0.25) is 4.79 Å². The van der Waals surface area contributed by atoms with Gasteiger partial charge < -0.3 is 5.32 Å². The Labute approximate surface area is 153 Å². The number of carbonyl (C=O) groups excluding carboxylic acids is 1. The van der Waals surface area contributed by atoms with Gasteiger partial charge in [0.1, 0.15) is 9.98 Å². The average molecular weight is 378 g/mol. The van der Waals surface area contributed by atoms with E-state index in [0.29, 0.717) is 16.2 Å². The van der Waals surface area contributed by atoms with Crippen molar-refractivity contribution >= 4 is 56.5 Å². The molecule has 1 amide bonds. The van der Waals surface area contributed by atoms with Crippen molar-refractivity contribution in [2.24, 2.45) is 0 Å². The highest BCUT2D eigenvalue weighted by Crippen LogP contribution is 2.34. The van der Waals surface area contributed by atoms with Crippen LogP contribution in [0.3, 0.4) is 0 Å². The third-order valence-corrected chi connectivity index (χ3v) is 5.77. The van der Waals surface area contributed by atoms with Crippen LogP contribution in [-0.2, 0) is 4.79 Å². The first-order valence-corrected chi connectivity index (χ1v) is 9.65. The van der Waals surface area contributed by atoms with Crippen LogP contribution in [0.4, 0.5) is 5.69 Å². The van der Waals surface area contributed by atoms with Gasteiger partial charge in [0.25, 0.3) is 0 Å². The number of nitrogens with zero attached hydrogens (tertiary/aromatic N) is 2. The van der Waals surface area contributed by atoms with Crippen molar-refractivity contribution in [2.45, 2.75) is 24.9 Å². The molecule has 0 spiro atoms. The van der Waals surface area contributed by atoms with Crippen molar-refractivity contribution in [3.05, 3.63) is 46.4 Å². The van der Waals surface area contributed by atoms with Gasteiger partial charge in [-0.25, -0.2) is 9.97 Å². The third kappa shape index (κ3) is 4.06. The molecule has 0 fully saturated rings. The number of fused-ring (bicyclic) bond motifs is 1. The van der Waals surface area contributed by atoms with E-state index in [1.54, 1.807) is 11.3 Å². The zero-order chi connectivity index (χ0) is 17.1. The first kappa shape index (κ1) is 17.2. The predicted octanol–water partition coefficient (Wildman–Crippen LogP) is 5.20. The van der Waals surface area contributed by atoms with Crippen LogP contribution in [0.1, 0.15) is 24.6 Å². The molecule has 0 radical (unpaired) electrons. The van der Waals surface area contributed by atoms with Gasteiger partial charge >= 0.3 is 0 Å². The Morgan fingerprint density at radius 3 is 2.75 bits per heavy atom. The van der Waals surface area contributed by atoms with E-state index in [2.05, 4.69) is 29.1 Å². The molecule has 0 saturated heterocycles. The summed E-state index contributed by atoms with van der Waals surface area (Å²) < 4.78 is 0. The van der Waals surface area contributed by atoms with E-state index in [1.165, 1.54) is 16.6 Å². The molecule has 3 rings (SSSR count). The summed E-state index contributed by atoms with van der Waals surface area (Å²) in [5.41, 5.74) is 0.775. The number of carbonyl (C=O) groups is 1. The highest BCUT2D eigenvalue weighted by atomic mass is 35.5.